The maximum atomic E-state index is 12.4. The lowest BCUT2D eigenvalue weighted by Crippen LogP contribution is -2.40. The third-order valence-corrected chi connectivity index (χ3v) is 4.43. The number of oxazole rings is 1. The minimum Gasteiger partial charge on any atom is -0.480 e. The number of likely N-dealkylation sites (tertiary alicyclic amines) is 1. The van der Waals surface area contributed by atoms with Gasteiger partial charge in [0.05, 0.1) is 10.0 Å². The maximum absolute atomic E-state index is 12.4. The van der Waals surface area contributed by atoms with Crippen molar-refractivity contribution in [1.82, 2.24) is 9.88 Å². The predicted octanol–water partition coefficient (Wildman–Crippen LogP) is 3.34. The molecule has 1 atom stereocenters. The predicted molar refractivity (Wildman–Crippen MR) is 83.7 cm³/mol. The maximum Gasteiger partial charge on any atom is 0.326 e. The van der Waals surface area contributed by atoms with Gasteiger partial charge in [-0.2, -0.15) is 0 Å². The molecule has 1 aliphatic rings. The first-order valence-electron chi connectivity index (χ1n) is 6.92. The fourth-order valence-electron chi connectivity index (χ4n) is 2.55. The minimum absolute atomic E-state index is 0.0687. The monoisotopic (exact) mass is 354 g/mol. The van der Waals surface area contributed by atoms with Gasteiger partial charge in [0.1, 0.15) is 12.3 Å². The molecule has 23 heavy (non-hydrogen) atoms. The number of benzene rings is 1. The molecule has 8 heteroatoms. The van der Waals surface area contributed by atoms with E-state index < -0.39 is 17.9 Å². The van der Waals surface area contributed by atoms with Crippen molar-refractivity contribution < 1.29 is 19.1 Å². The third-order valence-electron chi connectivity index (χ3n) is 3.69. The molecule has 1 fully saturated rings. The number of carbonyl (C=O) groups is 2. The van der Waals surface area contributed by atoms with Gasteiger partial charge in [-0.15, -0.1) is 0 Å². The van der Waals surface area contributed by atoms with Crippen molar-refractivity contribution in [2.75, 3.05) is 6.54 Å². The van der Waals surface area contributed by atoms with Crippen LogP contribution in [0.2, 0.25) is 10.0 Å². The number of nitrogens with zero attached hydrogens (tertiary/aromatic N) is 2. The average Bonchev–Trinajstić information content (AvgIpc) is 3.18. The van der Waals surface area contributed by atoms with Crippen LogP contribution in [0.25, 0.3) is 11.5 Å². The quantitative estimate of drug-likeness (QED) is 0.913. The van der Waals surface area contributed by atoms with Crippen LogP contribution in [0, 0.1) is 0 Å². The molecular weight excluding hydrogens is 343 g/mol. The normalized spacial score (nSPS) is 17.5. The first-order chi connectivity index (χ1) is 11.0. The summed E-state index contributed by atoms with van der Waals surface area (Å²) in [4.78, 5) is 29.0. The highest BCUT2D eigenvalue weighted by Crippen LogP contribution is 2.28. The first-order valence-corrected chi connectivity index (χ1v) is 7.67. The first kappa shape index (κ1) is 15.8. The van der Waals surface area contributed by atoms with E-state index in [1.165, 1.54) is 11.2 Å². The lowest BCUT2D eigenvalue weighted by molar-refractivity contribution is -0.141. The number of aliphatic carboxylic acids is 1. The van der Waals surface area contributed by atoms with Crippen LogP contribution >= 0.6 is 23.2 Å². The Morgan fingerprint density at radius 2 is 2.09 bits per heavy atom. The zero-order valence-corrected chi connectivity index (χ0v) is 13.3. The van der Waals surface area contributed by atoms with Crippen molar-refractivity contribution in [1.29, 1.82) is 0 Å². The van der Waals surface area contributed by atoms with Gasteiger partial charge in [0.2, 0.25) is 5.89 Å². The second kappa shape index (κ2) is 6.22. The number of aromatic nitrogens is 1. The van der Waals surface area contributed by atoms with Gasteiger partial charge in [-0.1, -0.05) is 23.2 Å². The number of carbonyl (C=O) groups excluding carboxylic acids is 1. The summed E-state index contributed by atoms with van der Waals surface area (Å²) in [5.41, 5.74) is 0.647. The molecule has 0 saturated carbocycles. The topological polar surface area (TPSA) is 83.6 Å². The molecule has 0 aliphatic carbocycles. The van der Waals surface area contributed by atoms with Crippen molar-refractivity contribution in [2.24, 2.45) is 0 Å². The van der Waals surface area contributed by atoms with Gasteiger partial charge in [-0.05, 0) is 31.0 Å². The molecule has 1 unspecified atom stereocenters. The Hall–Kier alpha value is -2.05. The number of amides is 1. The molecule has 0 radical (unpaired) electrons. The summed E-state index contributed by atoms with van der Waals surface area (Å²) in [6.07, 6.45) is 2.32. The summed E-state index contributed by atoms with van der Waals surface area (Å²) in [6.45, 7) is 0.394. The number of carboxylic acids is 1. The van der Waals surface area contributed by atoms with E-state index in [-0.39, 0.29) is 11.6 Å². The Kier molecular flexibility index (Phi) is 4.28. The zero-order valence-electron chi connectivity index (χ0n) is 11.8. The van der Waals surface area contributed by atoms with Gasteiger partial charge in [-0.3, -0.25) is 4.79 Å². The molecule has 120 valence electrons. The molecule has 1 aromatic carbocycles. The molecule has 1 aromatic heterocycles. The number of hydrogen-bond donors (Lipinski definition) is 1. The second-order valence-electron chi connectivity index (χ2n) is 5.16. The Morgan fingerprint density at radius 1 is 1.30 bits per heavy atom. The third kappa shape index (κ3) is 3.04. The Balaban J connectivity index is 1.85. The Labute approximate surface area is 141 Å². The molecule has 1 amide bonds. The van der Waals surface area contributed by atoms with Gasteiger partial charge in [0.25, 0.3) is 5.91 Å². The highest BCUT2D eigenvalue weighted by atomic mass is 35.5. The molecule has 6 nitrogen and oxygen atoms in total. The molecule has 1 saturated heterocycles. The van der Waals surface area contributed by atoms with E-state index in [1.807, 2.05) is 0 Å². The van der Waals surface area contributed by atoms with Crippen LogP contribution in [0.1, 0.15) is 23.3 Å². The van der Waals surface area contributed by atoms with Crippen LogP contribution in [0.3, 0.4) is 0 Å². The molecular formula is C15H12Cl2N2O4. The zero-order chi connectivity index (χ0) is 16.6. The molecule has 0 bridgehead atoms. The Morgan fingerprint density at radius 3 is 2.78 bits per heavy atom. The molecule has 1 aliphatic heterocycles. The lowest BCUT2D eigenvalue weighted by atomic mass is 10.2. The van der Waals surface area contributed by atoms with Crippen molar-refractivity contribution in [3.63, 3.8) is 0 Å². The highest BCUT2D eigenvalue weighted by Gasteiger charge is 2.35. The number of carboxylic acid groups (broad SMARTS) is 1. The summed E-state index contributed by atoms with van der Waals surface area (Å²) in [6, 6.07) is 4.04. The van der Waals surface area contributed by atoms with E-state index in [1.54, 1.807) is 18.2 Å². The summed E-state index contributed by atoms with van der Waals surface area (Å²) >= 11 is 11.8. The van der Waals surface area contributed by atoms with Gasteiger partial charge < -0.3 is 14.4 Å². The smallest absolute Gasteiger partial charge is 0.326 e. The van der Waals surface area contributed by atoms with E-state index in [0.717, 1.165) is 0 Å². The summed E-state index contributed by atoms with van der Waals surface area (Å²) < 4.78 is 5.31. The van der Waals surface area contributed by atoms with E-state index in [0.29, 0.717) is 35.0 Å². The van der Waals surface area contributed by atoms with Crippen molar-refractivity contribution in [3.05, 3.63) is 40.2 Å². The second-order valence-corrected chi connectivity index (χ2v) is 5.98. The molecule has 2 heterocycles. The van der Waals surface area contributed by atoms with E-state index in [9.17, 15) is 9.59 Å². The fourth-order valence-corrected chi connectivity index (χ4v) is 2.85. The van der Waals surface area contributed by atoms with Crippen LogP contribution in [0.4, 0.5) is 0 Å². The van der Waals surface area contributed by atoms with Gasteiger partial charge in [0.15, 0.2) is 5.69 Å². The minimum atomic E-state index is -1.01. The van der Waals surface area contributed by atoms with Crippen molar-refractivity contribution in [2.45, 2.75) is 18.9 Å². The van der Waals surface area contributed by atoms with Crippen LogP contribution in [0.5, 0.6) is 0 Å². The molecule has 1 N–H and O–H groups in total. The van der Waals surface area contributed by atoms with E-state index in [2.05, 4.69) is 4.98 Å². The standard InChI is InChI=1S/C15H12Cl2N2O4/c16-9-4-3-8(6-10(9)17)13-18-11(7-23-13)14(20)19-5-1-2-12(19)15(21)22/h3-4,6-7,12H,1-2,5H2,(H,21,22). The number of rotatable bonds is 3. The van der Waals surface area contributed by atoms with Gasteiger partial charge >= 0.3 is 5.97 Å². The van der Waals surface area contributed by atoms with E-state index in [4.69, 9.17) is 32.7 Å². The SMILES string of the molecule is O=C(O)C1CCCN1C(=O)c1coc(-c2ccc(Cl)c(Cl)c2)n1. The van der Waals surface area contributed by atoms with Gasteiger partial charge in [-0.25, -0.2) is 9.78 Å². The van der Waals surface area contributed by atoms with Crippen molar-refractivity contribution in [3.8, 4) is 11.5 Å². The average molecular weight is 355 g/mol. The Bertz CT molecular complexity index is 775. The summed E-state index contributed by atoms with van der Waals surface area (Å²) in [5, 5.41) is 9.90. The number of halogens is 2. The van der Waals surface area contributed by atoms with E-state index >= 15 is 0 Å². The highest BCUT2D eigenvalue weighted by molar-refractivity contribution is 6.42. The van der Waals surface area contributed by atoms with Gasteiger partial charge in [0, 0.05) is 12.1 Å². The molecule has 0 spiro atoms. The summed E-state index contributed by atoms with van der Waals surface area (Å²) in [7, 11) is 0. The largest absolute Gasteiger partial charge is 0.480 e. The van der Waals surface area contributed by atoms with Crippen LogP contribution in [-0.4, -0.2) is 39.5 Å². The van der Waals surface area contributed by atoms with Crippen LogP contribution < -0.4 is 0 Å². The fraction of sp³-hybridized carbons (Fsp3) is 0.267. The van der Waals surface area contributed by atoms with Crippen LogP contribution in [-0.2, 0) is 4.79 Å². The van der Waals surface area contributed by atoms with Crippen LogP contribution in [0.15, 0.2) is 28.9 Å². The number of hydrogen-bond acceptors (Lipinski definition) is 4. The molecule has 3 rings (SSSR count). The lowest BCUT2D eigenvalue weighted by Gasteiger charge is -2.19. The van der Waals surface area contributed by atoms with Crippen molar-refractivity contribution >= 4 is 35.1 Å². The molecule has 2 aromatic rings. The summed E-state index contributed by atoms with van der Waals surface area (Å²) in [5.74, 6) is -1.24.